The Bertz CT molecular complexity index is 1080. The number of halogens is 1. The van der Waals surface area contributed by atoms with Crippen molar-refractivity contribution in [2.24, 2.45) is 0 Å². The van der Waals surface area contributed by atoms with Crippen LogP contribution in [0.15, 0.2) is 55.1 Å². The minimum Gasteiger partial charge on any atom is -0.375 e. The maximum absolute atomic E-state index is 14.3. The number of nitrogens with zero attached hydrogens (tertiary/aromatic N) is 5. The maximum Gasteiger partial charge on any atom is 0.180 e. The first kappa shape index (κ1) is 18.1. The molecule has 0 fully saturated rings. The number of thiazole rings is 1. The number of nitrogens with two attached hydrogens (primary N) is 1. The summed E-state index contributed by atoms with van der Waals surface area (Å²) < 4.78 is 14.3. The molecule has 4 rings (SSSR count). The fourth-order valence-corrected chi connectivity index (χ4v) is 3.57. The van der Waals surface area contributed by atoms with Crippen LogP contribution in [0.2, 0.25) is 0 Å². The molecule has 28 heavy (non-hydrogen) atoms. The summed E-state index contributed by atoms with van der Waals surface area (Å²) in [4.78, 5) is 22.7. The van der Waals surface area contributed by atoms with E-state index in [0.29, 0.717) is 27.9 Å². The van der Waals surface area contributed by atoms with Crippen LogP contribution in [0.1, 0.15) is 17.0 Å². The van der Waals surface area contributed by atoms with E-state index in [1.165, 1.54) is 17.4 Å². The van der Waals surface area contributed by atoms with Crippen LogP contribution in [-0.4, -0.2) is 24.9 Å². The Hall–Kier alpha value is -3.26. The van der Waals surface area contributed by atoms with E-state index in [2.05, 4.69) is 24.9 Å². The number of rotatable bonds is 6. The molecule has 0 saturated carbocycles. The highest BCUT2D eigenvalue weighted by molar-refractivity contribution is 7.15. The van der Waals surface area contributed by atoms with Crippen molar-refractivity contribution in [3.05, 3.63) is 71.5 Å². The molecule has 2 N–H and O–H groups in total. The van der Waals surface area contributed by atoms with Gasteiger partial charge in [0.15, 0.2) is 11.0 Å². The molecule has 3 heterocycles. The molecule has 6 nitrogen and oxygen atoms in total. The van der Waals surface area contributed by atoms with Crippen LogP contribution in [0, 0.1) is 5.82 Å². The van der Waals surface area contributed by atoms with Gasteiger partial charge in [-0.25, -0.2) is 24.3 Å². The lowest BCUT2D eigenvalue weighted by molar-refractivity contribution is 0.630. The van der Waals surface area contributed by atoms with Crippen molar-refractivity contribution < 1.29 is 4.39 Å². The van der Waals surface area contributed by atoms with Crippen molar-refractivity contribution in [1.82, 2.24) is 24.9 Å². The lowest BCUT2D eigenvalue weighted by Gasteiger charge is -2.09. The lowest BCUT2D eigenvalue weighted by atomic mass is 10.1. The summed E-state index contributed by atoms with van der Waals surface area (Å²) in [6.45, 7) is 0. The summed E-state index contributed by atoms with van der Waals surface area (Å²) in [5, 5.41) is 0.573. The van der Waals surface area contributed by atoms with Crippen LogP contribution in [0.25, 0.3) is 22.8 Å². The van der Waals surface area contributed by atoms with Crippen molar-refractivity contribution in [2.45, 2.75) is 19.3 Å². The average molecular weight is 392 g/mol. The van der Waals surface area contributed by atoms with Gasteiger partial charge in [-0.15, -0.1) is 11.3 Å². The van der Waals surface area contributed by atoms with Gasteiger partial charge < -0.3 is 5.73 Å². The van der Waals surface area contributed by atoms with E-state index in [0.717, 1.165) is 29.8 Å². The predicted molar refractivity (Wildman–Crippen MR) is 107 cm³/mol. The second kappa shape index (κ2) is 8.18. The van der Waals surface area contributed by atoms with Gasteiger partial charge >= 0.3 is 0 Å². The minimum absolute atomic E-state index is 0.322. The number of hydrogen-bond acceptors (Lipinski definition) is 7. The molecule has 0 amide bonds. The quantitative estimate of drug-likeness (QED) is 0.534. The highest BCUT2D eigenvalue weighted by atomic mass is 32.1. The highest BCUT2D eigenvalue weighted by Crippen LogP contribution is 2.24. The molecule has 0 radical (unpaired) electrons. The molecule has 3 aromatic heterocycles. The van der Waals surface area contributed by atoms with Crippen LogP contribution < -0.4 is 5.73 Å². The van der Waals surface area contributed by atoms with E-state index < -0.39 is 0 Å². The minimum atomic E-state index is -0.322. The Kier molecular flexibility index (Phi) is 5.29. The Labute approximate surface area is 165 Å². The molecular weight excluding hydrogens is 375 g/mol. The molecule has 0 unspecified atom stereocenters. The normalized spacial score (nSPS) is 10.9. The number of benzene rings is 1. The first-order chi connectivity index (χ1) is 13.7. The summed E-state index contributed by atoms with van der Waals surface area (Å²) in [6.07, 6.45) is 9.02. The first-order valence-electron chi connectivity index (χ1n) is 8.78. The average Bonchev–Trinajstić information content (AvgIpc) is 3.14. The molecule has 0 bridgehead atoms. The molecule has 0 saturated heterocycles. The van der Waals surface area contributed by atoms with Crippen molar-refractivity contribution in [3.63, 3.8) is 0 Å². The van der Waals surface area contributed by atoms with Gasteiger partial charge in [-0.1, -0.05) is 12.1 Å². The molecule has 1 aromatic carbocycles. The second-order valence-corrected chi connectivity index (χ2v) is 7.30. The third-order valence-corrected chi connectivity index (χ3v) is 5.04. The molecule has 140 valence electrons. The third-order valence-electron chi connectivity index (χ3n) is 4.15. The summed E-state index contributed by atoms with van der Waals surface area (Å²) >= 11 is 1.49. The fraction of sp³-hybridized carbons (Fsp3) is 0.150. The van der Waals surface area contributed by atoms with Gasteiger partial charge in [0.05, 0.1) is 11.9 Å². The summed E-state index contributed by atoms with van der Waals surface area (Å²) in [7, 11) is 0. The zero-order valence-electron chi connectivity index (χ0n) is 14.9. The Morgan fingerprint density at radius 2 is 1.86 bits per heavy atom. The molecule has 8 heteroatoms. The molecular formula is C20H17FN6S. The van der Waals surface area contributed by atoms with Gasteiger partial charge in [0.2, 0.25) is 0 Å². The number of aromatic nitrogens is 5. The van der Waals surface area contributed by atoms with Gasteiger partial charge in [-0.2, -0.15) is 0 Å². The molecule has 0 aliphatic rings. The third kappa shape index (κ3) is 4.17. The number of hydrogen-bond donors (Lipinski definition) is 1. The SMILES string of the molecule is Nc1ncc(CCCc2cc(-c3ccccc3F)nc(-c3cnccn3)n2)s1. The topological polar surface area (TPSA) is 90.5 Å². The number of aryl methyl sites for hydroxylation is 2. The summed E-state index contributed by atoms with van der Waals surface area (Å²) in [5.74, 6) is 0.114. The van der Waals surface area contributed by atoms with E-state index in [-0.39, 0.29) is 5.82 Å². The van der Waals surface area contributed by atoms with Gasteiger partial charge in [-0.3, -0.25) is 4.98 Å². The van der Waals surface area contributed by atoms with Gasteiger partial charge in [-0.05, 0) is 37.5 Å². The Morgan fingerprint density at radius 3 is 2.61 bits per heavy atom. The zero-order valence-corrected chi connectivity index (χ0v) is 15.7. The molecule has 0 aliphatic carbocycles. The maximum atomic E-state index is 14.3. The number of nitrogen functional groups attached to an aromatic ring is 1. The van der Waals surface area contributed by atoms with E-state index in [4.69, 9.17) is 5.73 Å². The van der Waals surface area contributed by atoms with Crippen molar-refractivity contribution >= 4 is 16.5 Å². The van der Waals surface area contributed by atoms with E-state index >= 15 is 0 Å². The molecule has 0 spiro atoms. The molecule has 0 atom stereocenters. The Balaban J connectivity index is 1.65. The lowest BCUT2D eigenvalue weighted by Crippen LogP contribution is -2.01. The van der Waals surface area contributed by atoms with Gasteiger partial charge in [0, 0.05) is 34.7 Å². The second-order valence-electron chi connectivity index (χ2n) is 6.16. The predicted octanol–water partition coefficient (Wildman–Crippen LogP) is 3.95. The molecule has 0 aliphatic heterocycles. The zero-order chi connectivity index (χ0) is 19.3. The summed E-state index contributed by atoms with van der Waals surface area (Å²) in [5.41, 5.74) is 8.03. The van der Waals surface area contributed by atoms with E-state index in [1.54, 1.807) is 43.0 Å². The number of anilines is 1. The monoisotopic (exact) mass is 392 g/mol. The van der Waals surface area contributed by atoms with Crippen LogP contribution in [0.4, 0.5) is 9.52 Å². The highest BCUT2D eigenvalue weighted by Gasteiger charge is 2.12. The van der Waals surface area contributed by atoms with Crippen LogP contribution in [0.3, 0.4) is 0 Å². The van der Waals surface area contributed by atoms with Crippen molar-refractivity contribution in [3.8, 4) is 22.8 Å². The Morgan fingerprint density at radius 1 is 0.964 bits per heavy atom. The van der Waals surface area contributed by atoms with Crippen LogP contribution in [0.5, 0.6) is 0 Å². The van der Waals surface area contributed by atoms with Gasteiger partial charge in [0.25, 0.3) is 0 Å². The smallest absolute Gasteiger partial charge is 0.180 e. The van der Waals surface area contributed by atoms with E-state index in [9.17, 15) is 4.39 Å². The molecule has 4 aromatic rings. The van der Waals surface area contributed by atoms with E-state index in [1.807, 2.05) is 6.07 Å². The van der Waals surface area contributed by atoms with Crippen LogP contribution >= 0.6 is 11.3 Å². The van der Waals surface area contributed by atoms with Crippen molar-refractivity contribution in [1.29, 1.82) is 0 Å². The van der Waals surface area contributed by atoms with Crippen molar-refractivity contribution in [2.75, 3.05) is 5.73 Å². The van der Waals surface area contributed by atoms with Crippen LogP contribution in [-0.2, 0) is 12.8 Å². The first-order valence-corrected chi connectivity index (χ1v) is 9.60. The van der Waals surface area contributed by atoms with Gasteiger partial charge in [0.1, 0.15) is 11.5 Å². The largest absolute Gasteiger partial charge is 0.375 e. The summed E-state index contributed by atoms with van der Waals surface area (Å²) in [6, 6.07) is 8.41. The fourth-order valence-electron chi connectivity index (χ4n) is 2.84. The standard InChI is InChI=1S/C20H17FN6S/c21-16-7-2-1-6-15(16)17-10-13(4-3-5-14-11-25-20(22)28-14)26-19(27-17)18-12-23-8-9-24-18/h1-2,6-12H,3-5H2,(H2,22,25).